The van der Waals surface area contributed by atoms with E-state index in [0.717, 1.165) is 45.1 Å². The number of ether oxygens (including phenoxy) is 1. The van der Waals surface area contributed by atoms with Gasteiger partial charge in [-0.25, -0.2) is 0 Å². The third-order valence-corrected chi connectivity index (χ3v) is 8.59. The second-order valence-electron chi connectivity index (χ2n) is 10.9. The lowest BCUT2D eigenvalue weighted by Crippen LogP contribution is -2.51. The van der Waals surface area contributed by atoms with Gasteiger partial charge in [-0.1, -0.05) is 121 Å². The lowest BCUT2D eigenvalue weighted by Gasteiger charge is -2.45. The molecule has 0 saturated heterocycles. The van der Waals surface area contributed by atoms with Crippen molar-refractivity contribution < 1.29 is 9.53 Å². The Morgan fingerprint density at radius 2 is 1.23 bits per heavy atom. The topological polar surface area (TPSA) is 54.3 Å². The van der Waals surface area contributed by atoms with E-state index in [0.29, 0.717) is 6.42 Å². The molecule has 5 aromatic carbocycles. The lowest BCUT2D eigenvalue weighted by atomic mass is 9.58. The Hall–Kier alpha value is -5.29. The minimum absolute atomic E-state index is 0.0805. The van der Waals surface area contributed by atoms with Crippen LogP contribution >= 0.6 is 0 Å². The van der Waals surface area contributed by atoms with Crippen molar-refractivity contribution in [3.05, 3.63) is 168 Å². The Kier molecular flexibility index (Phi) is 6.92. The number of amides is 1. The molecule has 0 radical (unpaired) electrons. The molecule has 0 fully saturated rings. The van der Waals surface area contributed by atoms with Crippen molar-refractivity contribution >= 4 is 23.0 Å². The van der Waals surface area contributed by atoms with Crippen LogP contribution in [0.2, 0.25) is 0 Å². The van der Waals surface area contributed by atoms with Crippen LogP contribution in [0.1, 0.15) is 40.6 Å². The Balaban J connectivity index is 1.55. The summed E-state index contributed by atoms with van der Waals surface area (Å²) in [5.74, 6) is 0.422. The number of hydrogen-bond acceptors (Lipinski definition) is 4. The van der Waals surface area contributed by atoms with Gasteiger partial charge in [0.1, 0.15) is 11.2 Å². The van der Waals surface area contributed by atoms with Crippen molar-refractivity contribution in [2.75, 3.05) is 12.1 Å². The number of aliphatic imine (C=N–C) groups is 1. The van der Waals surface area contributed by atoms with Gasteiger partial charge in [-0.3, -0.25) is 9.79 Å². The first kappa shape index (κ1) is 26.6. The van der Waals surface area contributed by atoms with Crippen molar-refractivity contribution in [2.24, 2.45) is 15.5 Å². The van der Waals surface area contributed by atoms with Gasteiger partial charge in [0.05, 0.1) is 24.6 Å². The molecule has 0 unspecified atom stereocenters. The van der Waals surface area contributed by atoms with Gasteiger partial charge in [-0.05, 0) is 52.9 Å². The van der Waals surface area contributed by atoms with Crippen LogP contribution in [0.25, 0.3) is 0 Å². The van der Waals surface area contributed by atoms with Gasteiger partial charge in [-0.2, -0.15) is 10.1 Å². The molecule has 5 aromatic rings. The number of hydrogen-bond donors (Lipinski definition) is 0. The number of hydrazone groups is 1. The van der Waals surface area contributed by atoms with Crippen LogP contribution in [-0.4, -0.2) is 24.4 Å². The van der Waals surface area contributed by atoms with Crippen molar-refractivity contribution in [3.63, 3.8) is 0 Å². The molecule has 1 amide bonds. The van der Waals surface area contributed by atoms with Gasteiger partial charge in [0.25, 0.3) is 5.91 Å². The van der Waals surface area contributed by atoms with Gasteiger partial charge in [0.2, 0.25) is 0 Å². The van der Waals surface area contributed by atoms with E-state index in [4.69, 9.17) is 14.8 Å². The van der Waals surface area contributed by atoms with Crippen LogP contribution in [0.5, 0.6) is 5.75 Å². The first-order valence-electron chi connectivity index (χ1n) is 14.5. The Morgan fingerprint density at radius 3 is 1.84 bits per heavy atom. The highest BCUT2D eigenvalue weighted by Gasteiger charge is 2.63. The second-order valence-corrected chi connectivity index (χ2v) is 10.9. The van der Waals surface area contributed by atoms with E-state index in [1.54, 1.807) is 12.1 Å². The largest absolute Gasteiger partial charge is 0.497 e. The summed E-state index contributed by atoms with van der Waals surface area (Å²) in [6.07, 6.45) is 0.569. The summed E-state index contributed by atoms with van der Waals surface area (Å²) in [7, 11) is 1.67. The summed E-state index contributed by atoms with van der Waals surface area (Å²) in [5.41, 5.74) is 5.29. The molecule has 2 aliphatic rings. The lowest BCUT2D eigenvalue weighted by molar-refractivity contribution is -0.126. The minimum atomic E-state index is -1.12. The average Bonchev–Trinajstić information content (AvgIpc) is 3.39. The fourth-order valence-corrected chi connectivity index (χ4v) is 6.57. The van der Waals surface area contributed by atoms with Gasteiger partial charge >= 0.3 is 0 Å². The third kappa shape index (κ3) is 4.54. The third-order valence-electron chi connectivity index (χ3n) is 8.59. The van der Waals surface area contributed by atoms with Crippen molar-refractivity contribution in [1.29, 1.82) is 0 Å². The molecule has 0 saturated carbocycles. The van der Waals surface area contributed by atoms with E-state index < -0.39 is 11.5 Å². The van der Waals surface area contributed by atoms with E-state index in [9.17, 15) is 0 Å². The SMILES string of the molecule is COc1ccc([C@H]2CC(c3ccccc3)=N[C@@H](c3ccccc3)[C@@]23C(=O)N(c2ccccc2)N=C3c2ccccc2)cc1. The highest BCUT2D eigenvalue weighted by atomic mass is 16.5. The highest BCUT2D eigenvalue weighted by Crippen LogP contribution is 2.58. The monoisotopic (exact) mass is 561 g/mol. The number of rotatable bonds is 6. The fraction of sp³-hybridized carbons (Fsp3) is 0.132. The van der Waals surface area contributed by atoms with Crippen LogP contribution < -0.4 is 9.75 Å². The van der Waals surface area contributed by atoms with E-state index >= 15 is 4.79 Å². The molecule has 0 N–H and O–H groups in total. The molecule has 0 bridgehead atoms. The molecular formula is C38H31N3O2. The van der Waals surface area contributed by atoms with Gasteiger partial charge < -0.3 is 4.74 Å². The summed E-state index contributed by atoms with van der Waals surface area (Å²) in [5, 5.41) is 6.77. The van der Waals surface area contributed by atoms with E-state index in [2.05, 4.69) is 36.4 Å². The molecule has 3 atom stereocenters. The zero-order valence-electron chi connectivity index (χ0n) is 23.9. The first-order valence-corrected chi connectivity index (χ1v) is 14.5. The van der Waals surface area contributed by atoms with Gasteiger partial charge in [0, 0.05) is 11.6 Å². The molecule has 1 spiro atoms. The summed E-state index contributed by atoms with van der Waals surface area (Å²) in [6.45, 7) is 0. The second kappa shape index (κ2) is 11.2. The molecule has 0 aliphatic carbocycles. The molecule has 5 heteroatoms. The van der Waals surface area contributed by atoms with Crippen molar-refractivity contribution in [1.82, 2.24) is 0 Å². The maximum absolute atomic E-state index is 15.3. The zero-order chi connectivity index (χ0) is 29.2. The molecule has 2 aliphatic heterocycles. The smallest absolute Gasteiger partial charge is 0.262 e. The summed E-state index contributed by atoms with van der Waals surface area (Å²) in [6, 6.07) is 47.9. The van der Waals surface area contributed by atoms with Gasteiger partial charge in [0.15, 0.2) is 0 Å². The molecule has 210 valence electrons. The zero-order valence-corrected chi connectivity index (χ0v) is 23.9. The number of anilines is 1. The maximum atomic E-state index is 15.3. The highest BCUT2D eigenvalue weighted by molar-refractivity contribution is 6.27. The maximum Gasteiger partial charge on any atom is 0.262 e. The predicted octanol–water partition coefficient (Wildman–Crippen LogP) is 7.85. The Morgan fingerprint density at radius 1 is 0.674 bits per heavy atom. The Labute approximate surface area is 251 Å². The van der Waals surface area contributed by atoms with Crippen LogP contribution in [0.3, 0.4) is 0 Å². The number of carbonyl (C=O) groups is 1. The molecule has 5 nitrogen and oxygen atoms in total. The van der Waals surface area contributed by atoms with E-state index in [1.807, 2.05) is 109 Å². The molecule has 2 heterocycles. The summed E-state index contributed by atoms with van der Waals surface area (Å²) >= 11 is 0. The first-order chi connectivity index (χ1) is 21.2. The quantitative estimate of drug-likeness (QED) is 0.212. The van der Waals surface area contributed by atoms with Crippen molar-refractivity contribution in [2.45, 2.75) is 18.4 Å². The predicted molar refractivity (Wildman–Crippen MR) is 172 cm³/mol. The van der Waals surface area contributed by atoms with Crippen LogP contribution in [0, 0.1) is 5.41 Å². The number of benzene rings is 5. The van der Waals surface area contributed by atoms with Crippen LogP contribution in [0.15, 0.2) is 156 Å². The Bertz CT molecular complexity index is 1790. The molecule has 0 aromatic heterocycles. The minimum Gasteiger partial charge on any atom is -0.497 e. The number of methoxy groups -OCH3 is 1. The average molecular weight is 562 g/mol. The molecule has 43 heavy (non-hydrogen) atoms. The van der Waals surface area contributed by atoms with Crippen molar-refractivity contribution in [3.8, 4) is 5.75 Å². The summed E-state index contributed by atoms with van der Waals surface area (Å²) in [4.78, 5) is 20.8. The fourth-order valence-electron chi connectivity index (χ4n) is 6.57. The van der Waals surface area contributed by atoms with Gasteiger partial charge in [-0.15, -0.1) is 0 Å². The number of para-hydroxylation sites is 1. The summed E-state index contributed by atoms with van der Waals surface area (Å²) < 4.78 is 5.52. The van der Waals surface area contributed by atoms with E-state index in [-0.39, 0.29) is 11.8 Å². The van der Waals surface area contributed by atoms with Crippen LogP contribution in [0.4, 0.5) is 5.69 Å². The molecule has 7 rings (SSSR count). The molecular weight excluding hydrogens is 530 g/mol. The number of nitrogens with zero attached hydrogens (tertiary/aromatic N) is 3. The normalized spacial score (nSPS) is 21.4. The standard InChI is InChI=1S/C38H31N3O2/c1-43-32-24-22-27(23-25-32)33-26-34(28-14-6-2-7-15-28)39-35(29-16-8-3-9-17-29)38(33)36(30-18-10-4-11-19-30)40-41(37(38)42)31-20-12-5-13-21-31/h2-25,33,35H,26H2,1H3/t33-,35+,38+/m1/s1. The van der Waals surface area contributed by atoms with Crippen LogP contribution in [-0.2, 0) is 4.79 Å². The number of carbonyl (C=O) groups excluding carboxylic acids is 1. The van der Waals surface area contributed by atoms with E-state index in [1.165, 1.54) is 0 Å².